The highest BCUT2D eigenvalue weighted by molar-refractivity contribution is 5.95. The molecule has 0 spiro atoms. The van der Waals surface area contributed by atoms with Crippen LogP contribution in [0.25, 0.3) is 6.08 Å². The lowest BCUT2D eigenvalue weighted by molar-refractivity contribution is -0.146. The Bertz CT molecular complexity index is 608. The molecule has 0 saturated carbocycles. The smallest absolute Gasteiger partial charge is 0.326 e. The van der Waals surface area contributed by atoms with Crippen LogP contribution >= 0.6 is 0 Å². The lowest BCUT2D eigenvalue weighted by Crippen LogP contribution is -2.41. The van der Waals surface area contributed by atoms with Gasteiger partial charge >= 0.3 is 11.9 Å². The van der Waals surface area contributed by atoms with Crippen molar-refractivity contribution in [3.8, 4) is 5.75 Å². The van der Waals surface area contributed by atoms with Gasteiger partial charge in [-0.05, 0) is 37.6 Å². The molecule has 1 atom stereocenters. The molecule has 0 bridgehead atoms. The molecule has 3 N–H and O–H groups in total. The number of aliphatic carboxylic acids is 2. The molecule has 0 radical (unpaired) electrons. The van der Waals surface area contributed by atoms with Gasteiger partial charge in [0.1, 0.15) is 11.8 Å². The third kappa shape index (κ3) is 7.12. The number of rotatable bonds is 8. The van der Waals surface area contributed by atoms with Crippen molar-refractivity contribution in [2.24, 2.45) is 0 Å². The largest absolute Gasteiger partial charge is 0.491 e. The van der Waals surface area contributed by atoms with Crippen LogP contribution in [0, 0.1) is 0 Å². The van der Waals surface area contributed by atoms with Gasteiger partial charge in [-0.15, -0.1) is 0 Å². The van der Waals surface area contributed by atoms with E-state index in [1.807, 2.05) is 13.8 Å². The molecule has 1 amide bonds. The van der Waals surface area contributed by atoms with E-state index in [4.69, 9.17) is 14.9 Å². The number of nitrogens with one attached hydrogen (secondary N) is 1. The number of carboxylic acid groups (broad SMARTS) is 2. The number of ether oxygens (including phenoxy) is 1. The van der Waals surface area contributed by atoms with Gasteiger partial charge in [-0.1, -0.05) is 12.1 Å². The molecule has 7 nitrogen and oxygen atoms in total. The third-order valence-electron chi connectivity index (χ3n) is 2.65. The predicted molar refractivity (Wildman–Crippen MR) is 83.1 cm³/mol. The molecule has 1 unspecified atom stereocenters. The molecule has 0 aliphatic carbocycles. The van der Waals surface area contributed by atoms with Crippen LogP contribution in [-0.2, 0) is 14.4 Å². The van der Waals surface area contributed by atoms with Crippen LogP contribution in [0.2, 0.25) is 0 Å². The second kappa shape index (κ2) is 8.57. The maximum absolute atomic E-state index is 11.7. The van der Waals surface area contributed by atoms with E-state index >= 15 is 0 Å². The molecule has 0 heterocycles. The van der Waals surface area contributed by atoms with E-state index < -0.39 is 30.3 Å². The van der Waals surface area contributed by atoms with Crippen LogP contribution in [0.5, 0.6) is 5.75 Å². The number of hydrogen-bond donors (Lipinski definition) is 3. The topological polar surface area (TPSA) is 113 Å². The Kier molecular flexibility index (Phi) is 6.79. The molecule has 1 aromatic rings. The number of carboxylic acids is 2. The zero-order valence-corrected chi connectivity index (χ0v) is 12.9. The molecule has 0 fully saturated rings. The monoisotopic (exact) mass is 321 g/mol. The average Bonchev–Trinajstić information content (AvgIpc) is 2.43. The van der Waals surface area contributed by atoms with Gasteiger partial charge in [0.15, 0.2) is 0 Å². The molecule has 0 aliphatic rings. The molecule has 0 saturated heterocycles. The summed E-state index contributed by atoms with van der Waals surface area (Å²) in [6.45, 7) is 3.79. The molecular formula is C16H19NO6. The first kappa shape index (κ1) is 18.2. The van der Waals surface area contributed by atoms with E-state index in [-0.39, 0.29) is 6.10 Å². The van der Waals surface area contributed by atoms with Crippen molar-refractivity contribution >= 4 is 23.9 Å². The molecule has 124 valence electrons. The Morgan fingerprint density at radius 1 is 1.26 bits per heavy atom. The van der Waals surface area contributed by atoms with E-state index in [1.54, 1.807) is 24.3 Å². The minimum Gasteiger partial charge on any atom is -0.491 e. The average molecular weight is 321 g/mol. The van der Waals surface area contributed by atoms with Crippen LogP contribution in [0.15, 0.2) is 30.3 Å². The van der Waals surface area contributed by atoms with Crippen molar-refractivity contribution in [2.75, 3.05) is 0 Å². The Morgan fingerprint density at radius 2 is 1.96 bits per heavy atom. The van der Waals surface area contributed by atoms with Gasteiger partial charge in [0.2, 0.25) is 5.91 Å². The predicted octanol–water partition coefficient (Wildman–Crippen LogP) is 1.53. The zero-order chi connectivity index (χ0) is 17.4. The van der Waals surface area contributed by atoms with E-state index in [9.17, 15) is 14.4 Å². The minimum absolute atomic E-state index is 0.0184. The van der Waals surface area contributed by atoms with Crippen molar-refractivity contribution in [1.29, 1.82) is 0 Å². The second-order valence-electron chi connectivity index (χ2n) is 5.07. The first-order valence-electron chi connectivity index (χ1n) is 6.98. The molecule has 1 aromatic carbocycles. The summed E-state index contributed by atoms with van der Waals surface area (Å²) in [5.74, 6) is -2.74. The normalized spacial score (nSPS) is 12.1. The van der Waals surface area contributed by atoms with Gasteiger partial charge in [-0.3, -0.25) is 9.59 Å². The number of hydrogen-bond acceptors (Lipinski definition) is 4. The highest BCUT2D eigenvalue weighted by Crippen LogP contribution is 2.15. The van der Waals surface area contributed by atoms with Crippen molar-refractivity contribution in [1.82, 2.24) is 5.32 Å². The maximum atomic E-state index is 11.7. The molecule has 1 rings (SSSR count). The first-order valence-corrected chi connectivity index (χ1v) is 6.98. The Morgan fingerprint density at radius 3 is 2.52 bits per heavy atom. The highest BCUT2D eigenvalue weighted by Gasteiger charge is 2.21. The molecule has 7 heteroatoms. The standard InChI is InChI=1S/C16H19NO6/c1-10(2)23-12-5-3-4-11(8-12)6-7-14(18)17-13(16(21)22)9-15(19)20/h3-8,10,13H,9H2,1-2H3,(H,17,18)(H,19,20)(H,21,22)/b7-6+. The van der Waals surface area contributed by atoms with Crippen molar-refractivity contribution in [3.63, 3.8) is 0 Å². The fourth-order valence-corrected chi connectivity index (χ4v) is 1.73. The molecule has 0 aliphatic heterocycles. The van der Waals surface area contributed by atoms with Crippen molar-refractivity contribution < 1.29 is 29.3 Å². The fraction of sp³-hybridized carbons (Fsp3) is 0.312. The van der Waals surface area contributed by atoms with E-state index in [1.165, 1.54) is 6.08 Å². The summed E-state index contributed by atoms with van der Waals surface area (Å²) in [5, 5.41) is 19.6. The number of amides is 1. The number of carbonyl (C=O) groups is 3. The third-order valence-corrected chi connectivity index (χ3v) is 2.65. The second-order valence-corrected chi connectivity index (χ2v) is 5.07. The number of benzene rings is 1. The molecule has 23 heavy (non-hydrogen) atoms. The fourth-order valence-electron chi connectivity index (χ4n) is 1.73. The van der Waals surface area contributed by atoms with Crippen LogP contribution < -0.4 is 10.1 Å². The SMILES string of the molecule is CC(C)Oc1cccc(/C=C/C(=O)NC(CC(=O)O)C(=O)O)c1. The Labute approximate surface area is 133 Å². The first-order chi connectivity index (χ1) is 10.8. The summed E-state index contributed by atoms with van der Waals surface area (Å²) in [4.78, 5) is 33.1. The zero-order valence-electron chi connectivity index (χ0n) is 12.9. The van der Waals surface area contributed by atoms with Gasteiger partial charge < -0.3 is 20.3 Å². The summed E-state index contributed by atoms with van der Waals surface area (Å²) >= 11 is 0. The van der Waals surface area contributed by atoms with Crippen LogP contribution in [-0.4, -0.2) is 40.2 Å². The van der Waals surface area contributed by atoms with Crippen LogP contribution in [0.3, 0.4) is 0 Å². The van der Waals surface area contributed by atoms with Crippen LogP contribution in [0.1, 0.15) is 25.8 Å². The number of carbonyl (C=O) groups excluding carboxylic acids is 1. The van der Waals surface area contributed by atoms with E-state index in [2.05, 4.69) is 5.32 Å². The van der Waals surface area contributed by atoms with Gasteiger partial charge in [0, 0.05) is 6.08 Å². The van der Waals surface area contributed by atoms with Gasteiger partial charge in [-0.2, -0.15) is 0 Å². The quantitative estimate of drug-likeness (QED) is 0.626. The van der Waals surface area contributed by atoms with Gasteiger partial charge in [0.25, 0.3) is 0 Å². The summed E-state index contributed by atoms with van der Waals surface area (Å²) in [5.41, 5.74) is 0.698. The Balaban J connectivity index is 2.70. The summed E-state index contributed by atoms with van der Waals surface area (Å²) in [7, 11) is 0. The van der Waals surface area contributed by atoms with Gasteiger partial charge in [-0.25, -0.2) is 4.79 Å². The van der Waals surface area contributed by atoms with Crippen LogP contribution in [0.4, 0.5) is 0 Å². The van der Waals surface area contributed by atoms with E-state index in [0.717, 1.165) is 6.08 Å². The molecular weight excluding hydrogens is 302 g/mol. The van der Waals surface area contributed by atoms with Crippen molar-refractivity contribution in [3.05, 3.63) is 35.9 Å². The molecule has 0 aromatic heterocycles. The maximum Gasteiger partial charge on any atom is 0.326 e. The summed E-state index contributed by atoms with van der Waals surface area (Å²) in [6, 6.07) is 5.56. The summed E-state index contributed by atoms with van der Waals surface area (Å²) in [6.07, 6.45) is 1.96. The van der Waals surface area contributed by atoms with Gasteiger partial charge in [0.05, 0.1) is 12.5 Å². The highest BCUT2D eigenvalue weighted by atomic mass is 16.5. The Hall–Kier alpha value is -2.83. The lowest BCUT2D eigenvalue weighted by atomic mass is 10.2. The lowest BCUT2D eigenvalue weighted by Gasteiger charge is -2.11. The summed E-state index contributed by atoms with van der Waals surface area (Å²) < 4.78 is 5.52. The minimum atomic E-state index is -1.47. The van der Waals surface area contributed by atoms with Crippen molar-refractivity contribution in [2.45, 2.75) is 32.4 Å². The van der Waals surface area contributed by atoms with E-state index in [0.29, 0.717) is 11.3 Å².